The summed E-state index contributed by atoms with van der Waals surface area (Å²) in [4.78, 5) is 20.3. The number of aliphatic imine (C=N–C) groups is 2. The highest BCUT2D eigenvalue weighted by Crippen LogP contribution is 2.17. The Balaban J connectivity index is 2.09. The van der Waals surface area contributed by atoms with E-state index in [0.717, 1.165) is 12.0 Å². The lowest BCUT2D eigenvalue weighted by Gasteiger charge is -2.24. The van der Waals surface area contributed by atoms with E-state index in [1.165, 1.54) is 0 Å². The second-order valence-electron chi connectivity index (χ2n) is 7.13. The molecule has 0 aliphatic heterocycles. The first kappa shape index (κ1) is 21.2. The zero-order chi connectivity index (χ0) is 20.6. The Labute approximate surface area is 166 Å². The van der Waals surface area contributed by atoms with Crippen LogP contribution in [-0.2, 0) is 11.1 Å². The number of esters is 1. The number of carbonyl (C=O) groups excluding carboxylic acids is 1. The monoisotopic (exact) mass is 377 g/mol. The molecular weight excluding hydrogens is 355 g/mol. The maximum Gasteiger partial charge on any atom is 0.375 e. The number of benzene rings is 2. The van der Waals surface area contributed by atoms with Crippen molar-refractivity contribution in [3.63, 3.8) is 0 Å². The summed E-state index contributed by atoms with van der Waals surface area (Å²) in [6, 6.07) is 14.9. The second kappa shape index (κ2) is 9.74. The van der Waals surface area contributed by atoms with Crippen molar-refractivity contribution in [1.29, 1.82) is 0 Å². The minimum Gasteiger partial charge on any atom is -0.860 e. The van der Waals surface area contributed by atoms with Gasteiger partial charge in [0.1, 0.15) is 5.75 Å². The average Bonchev–Trinajstić information content (AvgIpc) is 2.65. The Bertz CT molecular complexity index is 828. The Hall–Kier alpha value is -3.09. The van der Waals surface area contributed by atoms with Gasteiger partial charge in [-0.25, -0.2) is 4.79 Å². The molecule has 6 nitrogen and oxygen atoms in total. The Morgan fingerprint density at radius 2 is 1.79 bits per heavy atom. The summed E-state index contributed by atoms with van der Waals surface area (Å²) in [5.41, 5.74) is 0.789. The molecule has 0 bridgehead atoms. The molecule has 0 aliphatic rings. The van der Waals surface area contributed by atoms with Gasteiger partial charge in [-0.3, -0.25) is 9.98 Å². The predicted octanol–water partition coefficient (Wildman–Crippen LogP) is 2.50. The molecule has 0 spiro atoms. The predicted molar refractivity (Wildman–Crippen MR) is 108 cm³/mol. The molecule has 0 N–H and O–H groups in total. The van der Waals surface area contributed by atoms with E-state index in [1.807, 2.05) is 26.8 Å². The molecule has 7 heteroatoms. The van der Waals surface area contributed by atoms with Gasteiger partial charge < -0.3 is 14.5 Å². The second-order valence-corrected chi connectivity index (χ2v) is 7.13. The third-order valence-corrected chi connectivity index (χ3v) is 3.60. The van der Waals surface area contributed by atoms with E-state index in [9.17, 15) is 9.90 Å². The summed E-state index contributed by atoms with van der Waals surface area (Å²) in [6.45, 7) is 5.50. The number of nitrogens with zero attached hydrogens (tertiary/aromatic N) is 2. The first-order valence-electron chi connectivity index (χ1n) is 8.78. The van der Waals surface area contributed by atoms with E-state index in [0.29, 0.717) is 17.7 Å². The van der Waals surface area contributed by atoms with E-state index in [4.69, 9.17) is 12.8 Å². The summed E-state index contributed by atoms with van der Waals surface area (Å²) in [6.07, 6.45) is 1.34. The fourth-order valence-electron chi connectivity index (χ4n) is 2.37. The van der Waals surface area contributed by atoms with E-state index in [2.05, 4.69) is 14.6 Å². The van der Waals surface area contributed by atoms with E-state index < -0.39 is 17.6 Å². The van der Waals surface area contributed by atoms with Crippen LogP contribution in [-0.4, -0.2) is 37.9 Å². The molecule has 0 heterocycles. The van der Waals surface area contributed by atoms with E-state index >= 15 is 0 Å². The van der Waals surface area contributed by atoms with Gasteiger partial charge in [0.2, 0.25) is 0 Å². The smallest absolute Gasteiger partial charge is 0.375 e. The lowest BCUT2D eigenvalue weighted by Crippen LogP contribution is -2.35. The summed E-state index contributed by atoms with van der Waals surface area (Å²) in [5.74, 6) is -0.385. The maximum atomic E-state index is 12.4. The molecule has 0 aliphatic carbocycles. The first-order valence-corrected chi connectivity index (χ1v) is 8.78. The molecule has 0 unspecified atom stereocenters. The van der Waals surface area contributed by atoms with Crippen molar-refractivity contribution in [3.8, 4) is 5.75 Å². The molecule has 28 heavy (non-hydrogen) atoms. The number of rotatable bonds is 7. The van der Waals surface area contributed by atoms with Gasteiger partial charge in [-0.2, -0.15) is 0 Å². The van der Waals surface area contributed by atoms with Crippen molar-refractivity contribution in [2.75, 3.05) is 0 Å². The van der Waals surface area contributed by atoms with Gasteiger partial charge in [0, 0.05) is 0 Å². The van der Waals surface area contributed by atoms with Gasteiger partial charge in [-0.05, 0) is 62.9 Å². The SMILES string of the molecule is [B]OC=N[C@@H](Cc1ccc(OC(=O)c2ccccc2)cc1)C([O-])=NC(C)(C)C. The molecule has 0 aromatic heterocycles. The van der Waals surface area contributed by atoms with Crippen LogP contribution in [0.5, 0.6) is 5.75 Å². The number of ether oxygens (including phenoxy) is 1. The molecule has 2 aromatic carbocycles. The maximum absolute atomic E-state index is 12.4. The summed E-state index contributed by atoms with van der Waals surface area (Å²) >= 11 is 0. The molecule has 2 rings (SSSR count). The van der Waals surface area contributed by atoms with Crippen LogP contribution in [0.25, 0.3) is 0 Å². The summed E-state index contributed by atoms with van der Waals surface area (Å²) < 4.78 is 9.70. The van der Waals surface area contributed by atoms with E-state index in [-0.39, 0.29) is 5.90 Å². The topological polar surface area (TPSA) is 83.3 Å². The normalized spacial score (nSPS) is 13.3. The van der Waals surface area contributed by atoms with Gasteiger partial charge in [0.15, 0.2) is 6.40 Å². The Kier molecular flexibility index (Phi) is 7.38. The highest BCUT2D eigenvalue weighted by molar-refractivity contribution is 6.02. The molecule has 1 atom stereocenters. The van der Waals surface area contributed by atoms with Crippen LogP contribution in [0.3, 0.4) is 0 Å². The number of hydrogen-bond donors (Lipinski definition) is 0. The number of hydrogen-bond acceptors (Lipinski definition) is 6. The molecule has 0 saturated heterocycles. The third-order valence-electron chi connectivity index (χ3n) is 3.60. The van der Waals surface area contributed by atoms with Crippen LogP contribution in [0.15, 0.2) is 64.6 Å². The van der Waals surface area contributed by atoms with Crippen molar-refractivity contribution >= 4 is 26.3 Å². The van der Waals surface area contributed by atoms with Crippen molar-refractivity contribution < 1.29 is 19.3 Å². The van der Waals surface area contributed by atoms with Crippen molar-refractivity contribution in [2.24, 2.45) is 9.98 Å². The van der Waals surface area contributed by atoms with Crippen molar-refractivity contribution in [2.45, 2.75) is 38.8 Å². The van der Waals surface area contributed by atoms with Crippen molar-refractivity contribution in [1.82, 2.24) is 0 Å². The van der Waals surface area contributed by atoms with Gasteiger partial charge in [-0.1, -0.05) is 30.3 Å². The van der Waals surface area contributed by atoms with Crippen LogP contribution in [0.2, 0.25) is 0 Å². The van der Waals surface area contributed by atoms with Gasteiger partial charge in [0.05, 0.1) is 17.1 Å². The molecule has 0 saturated carbocycles. The standard InChI is InChI=1S/C21H23BN2O4/c1-21(2,3)24-19(25)18(23-14-27-22)13-15-9-11-17(12-10-15)28-20(26)16-7-5-4-6-8-16/h4-12,14,18H,13H2,1-3H3,(H,24,25)/p-1/t18-/m0/s1. The van der Waals surface area contributed by atoms with Crippen molar-refractivity contribution in [3.05, 3.63) is 65.7 Å². The molecule has 2 radical (unpaired) electrons. The Morgan fingerprint density at radius 1 is 1.14 bits per heavy atom. The highest BCUT2D eigenvalue weighted by Gasteiger charge is 2.13. The van der Waals surface area contributed by atoms with Crippen LogP contribution in [0, 0.1) is 0 Å². The molecule has 0 amide bonds. The average molecular weight is 377 g/mol. The van der Waals surface area contributed by atoms with Crippen LogP contribution >= 0.6 is 0 Å². The van der Waals surface area contributed by atoms with Crippen LogP contribution in [0.1, 0.15) is 36.7 Å². The highest BCUT2D eigenvalue weighted by atomic mass is 16.5. The molecule has 144 valence electrons. The molecule has 2 aromatic rings. The van der Waals surface area contributed by atoms with Gasteiger partial charge >= 0.3 is 14.0 Å². The minimum atomic E-state index is -0.750. The Morgan fingerprint density at radius 3 is 2.36 bits per heavy atom. The summed E-state index contributed by atoms with van der Waals surface area (Å²) in [5, 5.41) is 12.4. The fourth-order valence-corrected chi connectivity index (χ4v) is 2.37. The lowest BCUT2D eigenvalue weighted by atomic mass is 10.0. The summed E-state index contributed by atoms with van der Waals surface area (Å²) in [7, 11) is 4.97. The largest absolute Gasteiger partial charge is 0.860 e. The first-order chi connectivity index (χ1) is 13.3. The third kappa shape index (κ3) is 6.91. The number of carbonyl (C=O) groups is 1. The molecule has 0 fully saturated rings. The molecular formula is C21H22BN2O4-. The quantitative estimate of drug-likeness (QED) is 0.244. The lowest BCUT2D eigenvalue weighted by molar-refractivity contribution is -0.221. The van der Waals surface area contributed by atoms with Gasteiger partial charge in [-0.15, -0.1) is 0 Å². The van der Waals surface area contributed by atoms with E-state index in [1.54, 1.807) is 48.5 Å². The zero-order valence-electron chi connectivity index (χ0n) is 16.2. The van der Waals surface area contributed by atoms with Crippen LogP contribution < -0.4 is 9.84 Å². The minimum absolute atomic E-state index is 0.311. The van der Waals surface area contributed by atoms with Crippen LogP contribution in [0.4, 0.5) is 0 Å². The fraction of sp³-hybridized carbons (Fsp3) is 0.286. The van der Waals surface area contributed by atoms with Gasteiger partial charge in [0.25, 0.3) is 0 Å². The zero-order valence-corrected chi connectivity index (χ0v) is 16.2.